The van der Waals surface area contributed by atoms with Crippen LogP contribution in [0.2, 0.25) is 0 Å². The summed E-state index contributed by atoms with van der Waals surface area (Å²) >= 11 is 0. The number of hydrogen-bond donors (Lipinski definition) is 0. The molecule has 0 atom stereocenters. The minimum absolute atomic E-state index is 0.433. The van der Waals surface area contributed by atoms with Gasteiger partial charge < -0.3 is 0 Å². The fourth-order valence-electron chi connectivity index (χ4n) is 5.84. The maximum absolute atomic E-state index is 10.7. The van der Waals surface area contributed by atoms with Gasteiger partial charge in [0.1, 0.15) is 0 Å². The third-order valence-corrected chi connectivity index (χ3v) is 7.33. The van der Waals surface area contributed by atoms with Crippen LogP contribution in [0.4, 0.5) is 0 Å². The summed E-state index contributed by atoms with van der Waals surface area (Å²) in [4.78, 5) is 0. The zero-order chi connectivity index (χ0) is 25.9. The Bertz CT molecular complexity index is 1530. The summed E-state index contributed by atoms with van der Waals surface area (Å²) in [5, 5.41) is 42.8. The Labute approximate surface area is 216 Å². The Morgan fingerprint density at radius 2 is 0.811 bits per heavy atom. The summed E-state index contributed by atoms with van der Waals surface area (Å²) in [6, 6.07) is 46.4. The highest BCUT2D eigenvalue weighted by molar-refractivity contribution is 5.91. The SMILES string of the molecule is N#CC1(C#N)C(=C(c2ccccc2)c2ccccc2)C(c2ccccc2)(c2ccccc2)C1(C#N)C#N. The van der Waals surface area contributed by atoms with E-state index in [1.54, 1.807) is 0 Å². The van der Waals surface area contributed by atoms with E-state index in [0.29, 0.717) is 22.3 Å². The molecular weight excluding hydrogens is 452 g/mol. The molecule has 4 aromatic rings. The highest BCUT2D eigenvalue weighted by Gasteiger charge is 2.82. The second-order valence-electron chi connectivity index (χ2n) is 8.91. The molecule has 0 amide bonds. The molecule has 4 heteroatoms. The standard InChI is InChI=1S/C33H20N4/c34-21-31(22-35)30(29(25-13-5-1-6-14-25)26-15-7-2-8-16-26)33(32(31,23-36)24-37,27-17-9-3-10-18-27)28-19-11-4-12-20-28/h1-20H. The molecule has 0 saturated heterocycles. The van der Waals surface area contributed by atoms with E-state index < -0.39 is 16.2 Å². The smallest absolute Gasteiger partial charge is 0.196 e. The maximum atomic E-state index is 10.7. The van der Waals surface area contributed by atoms with E-state index in [1.165, 1.54) is 0 Å². The molecule has 1 fully saturated rings. The van der Waals surface area contributed by atoms with Crippen LogP contribution in [0.25, 0.3) is 5.57 Å². The van der Waals surface area contributed by atoms with Gasteiger partial charge in [0, 0.05) is 0 Å². The zero-order valence-electron chi connectivity index (χ0n) is 19.8. The quantitative estimate of drug-likeness (QED) is 0.336. The van der Waals surface area contributed by atoms with Crippen molar-refractivity contribution in [3.8, 4) is 24.3 Å². The Balaban J connectivity index is 2.11. The van der Waals surface area contributed by atoms with Crippen molar-refractivity contribution in [2.24, 2.45) is 10.8 Å². The largest absolute Gasteiger partial charge is 0.200 e. The van der Waals surface area contributed by atoms with Crippen molar-refractivity contribution in [2.45, 2.75) is 5.41 Å². The van der Waals surface area contributed by atoms with Gasteiger partial charge in [-0.15, -0.1) is 0 Å². The van der Waals surface area contributed by atoms with Gasteiger partial charge in [0.05, 0.1) is 29.7 Å². The minimum Gasteiger partial charge on any atom is -0.196 e. The van der Waals surface area contributed by atoms with Crippen molar-refractivity contribution in [3.05, 3.63) is 149 Å². The summed E-state index contributed by atoms with van der Waals surface area (Å²) in [5.41, 5.74) is -1.40. The van der Waals surface area contributed by atoms with Gasteiger partial charge in [-0.3, -0.25) is 0 Å². The fourth-order valence-corrected chi connectivity index (χ4v) is 5.84. The van der Waals surface area contributed by atoms with E-state index in [2.05, 4.69) is 24.3 Å². The van der Waals surface area contributed by atoms with Crippen LogP contribution in [0, 0.1) is 56.2 Å². The fraction of sp³-hybridized carbons (Fsp3) is 0.0909. The second kappa shape index (κ2) is 8.98. The molecule has 0 N–H and O–H groups in total. The van der Waals surface area contributed by atoms with Crippen molar-refractivity contribution < 1.29 is 0 Å². The van der Waals surface area contributed by atoms with E-state index in [9.17, 15) is 21.0 Å². The molecule has 5 rings (SSSR count). The molecule has 0 heterocycles. The van der Waals surface area contributed by atoms with Crippen molar-refractivity contribution in [1.29, 1.82) is 21.0 Å². The van der Waals surface area contributed by atoms with Crippen LogP contribution in [-0.2, 0) is 5.41 Å². The Hall–Kier alpha value is -5.42. The molecule has 1 saturated carbocycles. The molecule has 0 unspecified atom stereocenters. The number of nitriles is 4. The lowest BCUT2D eigenvalue weighted by Gasteiger charge is -2.62. The Morgan fingerprint density at radius 1 is 0.459 bits per heavy atom. The lowest BCUT2D eigenvalue weighted by atomic mass is 9.31. The number of hydrogen-bond acceptors (Lipinski definition) is 4. The van der Waals surface area contributed by atoms with Crippen molar-refractivity contribution in [3.63, 3.8) is 0 Å². The summed E-state index contributed by atoms with van der Waals surface area (Å²) in [5.74, 6) is 0. The summed E-state index contributed by atoms with van der Waals surface area (Å²) in [6.07, 6.45) is 0. The molecular formula is C33H20N4. The predicted molar refractivity (Wildman–Crippen MR) is 140 cm³/mol. The third kappa shape index (κ3) is 2.91. The molecule has 0 radical (unpaired) electrons. The van der Waals surface area contributed by atoms with E-state index in [-0.39, 0.29) is 0 Å². The van der Waals surface area contributed by atoms with Crippen LogP contribution < -0.4 is 0 Å². The maximum Gasteiger partial charge on any atom is 0.200 e. The van der Waals surface area contributed by atoms with Crippen LogP contribution >= 0.6 is 0 Å². The first-order chi connectivity index (χ1) is 18.2. The van der Waals surface area contributed by atoms with Gasteiger partial charge in [-0.1, -0.05) is 121 Å². The molecule has 4 nitrogen and oxygen atoms in total. The molecule has 4 aromatic carbocycles. The molecule has 0 aromatic heterocycles. The average molecular weight is 473 g/mol. The first-order valence-electron chi connectivity index (χ1n) is 11.8. The molecule has 1 aliphatic carbocycles. The van der Waals surface area contributed by atoms with Crippen LogP contribution in [0.15, 0.2) is 127 Å². The van der Waals surface area contributed by atoms with E-state index in [1.807, 2.05) is 121 Å². The highest BCUT2D eigenvalue weighted by Crippen LogP contribution is 2.75. The first kappa shape index (κ1) is 23.3. The lowest BCUT2D eigenvalue weighted by Crippen LogP contribution is -2.69. The monoisotopic (exact) mass is 472 g/mol. The minimum atomic E-state index is -2.02. The van der Waals surface area contributed by atoms with Gasteiger partial charge in [0.2, 0.25) is 0 Å². The first-order valence-corrected chi connectivity index (χ1v) is 11.8. The third-order valence-electron chi connectivity index (χ3n) is 7.33. The molecule has 172 valence electrons. The van der Waals surface area contributed by atoms with Gasteiger partial charge in [0.15, 0.2) is 10.8 Å². The van der Waals surface area contributed by atoms with Crippen LogP contribution in [0.5, 0.6) is 0 Å². The number of benzene rings is 4. The predicted octanol–water partition coefficient (Wildman–Crippen LogP) is 6.56. The van der Waals surface area contributed by atoms with E-state index in [0.717, 1.165) is 11.1 Å². The average Bonchev–Trinajstić information content (AvgIpc) is 2.98. The second-order valence-corrected chi connectivity index (χ2v) is 8.91. The van der Waals surface area contributed by atoms with E-state index >= 15 is 0 Å². The highest BCUT2D eigenvalue weighted by atomic mass is 14.8. The van der Waals surface area contributed by atoms with Gasteiger partial charge in [-0.25, -0.2) is 0 Å². The molecule has 0 aliphatic heterocycles. The molecule has 37 heavy (non-hydrogen) atoms. The summed E-state index contributed by atoms with van der Waals surface area (Å²) in [6.45, 7) is 0. The van der Waals surface area contributed by atoms with Crippen LogP contribution in [0.3, 0.4) is 0 Å². The van der Waals surface area contributed by atoms with Gasteiger partial charge >= 0.3 is 0 Å². The van der Waals surface area contributed by atoms with Crippen LogP contribution in [0.1, 0.15) is 22.3 Å². The normalized spacial score (nSPS) is 16.1. The van der Waals surface area contributed by atoms with Gasteiger partial charge in [-0.05, 0) is 33.4 Å². The summed E-state index contributed by atoms with van der Waals surface area (Å²) < 4.78 is 0. The molecule has 0 spiro atoms. The van der Waals surface area contributed by atoms with Crippen molar-refractivity contribution in [1.82, 2.24) is 0 Å². The lowest BCUT2D eigenvalue weighted by molar-refractivity contribution is 0.125. The van der Waals surface area contributed by atoms with Gasteiger partial charge in [0.25, 0.3) is 0 Å². The van der Waals surface area contributed by atoms with E-state index in [4.69, 9.17) is 0 Å². The number of allylic oxidation sites excluding steroid dienone is 1. The number of rotatable bonds is 4. The Kier molecular flexibility index (Phi) is 5.66. The number of nitrogens with zero attached hydrogens (tertiary/aromatic N) is 4. The zero-order valence-corrected chi connectivity index (χ0v) is 19.8. The van der Waals surface area contributed by atoms with Gasteiger partial charge in [-0.2, -0.15) is 21.0 Å². The van der Waals surface area contributed by atoms with Crippen molar-refractivity contribution in [2.75, 3.05) is 0 Å². The molecule has 0 bridgehead atoms. The van der Waals surface area contributed by atoms with Crippen molar-refractivity contribution >= 4 is 5.57 Å². The summed E-state index contributed by atoms with van der Waals surface area (Å²) in [7, 11) is 0. The van der Waals surface area contributed by atoms with Crippen LogP contribution in [-0.4, -0.2) is 0 Å². The topological polar surface area (TPSA) is 95.2 Å². The molecule has 1 aliphatic rings. The Morgan fingerprint density at radius 3 is 1.14 bits per heavy atom.